The number of guanidine groups is 1. The van der Waals surface area contributed by atoms with Crippen LogP contribution in [-0.4, -0.2) is 23.0 Å². The molecule has 0 saturated heterocycles. The third-order valence-electron chi connectivity index (χ3n) is 4.50. The summed E-state index contributed by atoms with van der Waals surface area (Å²) in [5, 5.41) is 10.4. The highest BCUT2D eigenvalue weighted by Gasteiger charge is 2.17. The fourth-order valence-corrected chi connectivity index (χ4v) is 3.40. The van der Waals surface area contributed by atoms with Crippen LogP contribution in [0, 0.1) is 11.3 Å². The molecule has 6 nitrogen and oxygen atoms in total. The van der Waals surface area contributed by atoms with Crippen molar-refractivity contribution in [1.82, 2.24) is 10.3 Å². The van der Waals surface area contributed by atoms with Gasteiger partial charge in [-0.25, -0.2) is 4.98 Å². The van der Waals surface area contributed by atoms with E-state index in [4.69, 9.17) is 20.9 Å². The van der Waals surface area contributed by atoms with Gasteiger partial charge < -0.3 is 10.5 Å². The minimum Gasteiger partial charge on any atom is -0.490 e. The summed E-state index contributed by atoms with van der Waals surface area (Å²) in [6.07, 6.45) is 0.989. The molecule has 2 aromatic carbocycles. The van der Waals surface area contributed by atoms with E-state index in [1.54, 1.807) is 6.07 Å². The van der Waals surface area contributed by atoms with E-state index in [9.17, 15) is 4.79 Å². The molecule has 3 aromatic rings. The number of aromatic nitrogens is 1. The van der Waals surface area contributed by atoms with Crippen LogP contribution in [0.5, 0.6) is 5.75 Å². The number of nitrogens with two attached hydrogens (primary N) is 1. The van der Waals surface area contributed by atoms with Crippen LogP contribution in [0.3, 0.4) is 0 Å². The van der Waals surface area contributed by atoms with E-state index in [1.807, 2.05) is 48.5 Å². The summed E-state index contributed by atoms with van der Waals surface area (Å²) in [6, 6.07) is 16.8. The predicted octanol–water partition coefficient (Wildman–Crippen LogP) is 4.34. The van der Waals surface area contributed by atoms with Crippen molar-refractivity contribution in [2.75, 3.05) is 0 Å². The number of hydrogen-bond acceptors (Lipinski definition) is 4. The van der Waals surface area contributed by atoms with Gasteiger partial charge in [0.2, 0.25) is 0 Å². The molecule has 0 aliphatic heterocycles. The summed E-state index contributed by atoms with van der Waals surface area (Å²) in [4.78, 5) is 17.4. The van der Waals surface area contributed by atoms with E-state index in [2.05, 4.69) is 26.1 Å². The van der Waals surface area contributed by atoms with Crippen LogP contribution in [-0.2, 0) is 0 Å². The second-order valence-electron chi connectivity index (χ2n) is 7.49. The molecule has 1 heterocycles. The number of rotatable bonds is 6. The highest BCUT2D eigenvalue weighted by Crippen LogP contribution is 2.32. The second kappa shape index (κ2) is 8.73. The van der Waals surface area contributed by atoms with Crippen LogP contribution >= 0.6 is 0 Å². The summed E-state index contributed by atoms with van der Waals surface area (Å²) in [6.45, 7) is 6.38. The number of amides is 1. The van der Waals surface area contributed by atoms with Crippen molar-refractivity contribution in [3.8, 4) is 17.0 Å². The Kier molecular flexibility index (Phi) is 6.12. The predicted molar refractivity (Wildman–Crippen MR) is 116 cm³/mol. The van der Waals surface area contributed by atoms with Crippen molar-refractivity contribution in [3.05, 3.63) is 60.2 Å². The van der Waals surface area contributed by atoms with E-state index >= 15 is 0 Å². The maximum Gasteiger partial charge on any atom is 0.258 e. The Bertz CT molecular complexity index is 1050. The van der Waals surface area contributed by atoms with Crippen molar-refractivity contribution < 1.29 is 9.53 Å². The average Bonchev–Trinajstić information content (AvgIpc) is 2.66. The second-order valence-corrected chi connectivity index (χ2v) is 7.49. The lowest BCUT2D eigenvalue weighted by Crippen LogP contribution is -2.35. The van der Waals surface area contributed by atoms with Gasteiger partial charge in [0, 0.05) is 10.9 Å². The van der Waals surface area contributed by atoms with E-state index in [0.29, 0.717) is 28.1 Å². The molecule has 0 aliphatic rings. The zero-order valence-corrected chi connectivity index (χ0v) is 16.9. The Labute approximate surface area is 170 Å². The number of nitrogens with one attached hydrogen (secondary N) is 2. The van der Waals surface area contributed by atoms with Gasteiger partial charge in [-0.3, -0.25) is 15.5 Å². The fourth-order valence-electron chi connectivity index (χ4n) is 3.40. The van der Waals surface area contributed by atoms with Crippen molar-refractivity contribution in [3.63, 3.8) is 0 Å². The van der Waals surface area contributed by atoms with Crippen LogP contribution in [0.4, 0.5) is 0 Å². The van der Waals surface area contributed by atoms with Crippen LogP contribution in [0.15, 0.2) is 54.6 Å². The highest BCUT2D eigenvalue weighted by atomic mass is 16.5. The molecule has 0 bridgehead atoms. The lowest BCUT2D eigenvalue weighted by atomic mass is 10.0. The van der Waals surface area contributed by atoms with Gasteiger partial charge in [-0.2, -0.15) is 0 Å². The largest absolute Gasteiger partial charge is 0.490 e. The quantitative estimate of drug-likeness (QED) is 0.430. The van der Waals surface area contributed by atoms with Gasteiger partial charge in [0.1, 0.15) is 5.75 Å². The minimum absolute atomic E-state index is 0.0529. The maximum absolute atomic E-state index is 12.6. The Morgan fingerprint density at radius 3 is 2.55 bits per heavy atom. The van der Waals surface area contributed by atoms with E-state index in [1.165, 1.54) is 0 Å². The van der Waals surface area contributed by atoms with Crippen LogP contribution in [0.1, 0.15) is 37.6 Å². The van der Waals surface area contributed by atoms with Gasteiger partial charge in [-0.15, -0.1) is 0 Å². The van der Waals surface area contributed by atoms with Crippen molar-refractivity contribution in [2.45, 2.75) is 33.3 Å². The summed E-state index contributed by atoms with van der Waals surface area (Å²) < 4.78 is 6.19. The minimum atomic E-state index is -0.441. The van der Waals surface area contributed by atoms with E-state index < -0.39 is 11.9 Å². The van der Waals surface area contributed by atoms with E-state index in [0.717, 1.165) is 17.7 Å². The molecule has 6 heteroatoms. The number of fused-ring (bicyclic) bond motifs is 1. The Morgan fingerprint density at radius 1 is 1.14 bits per heavy atom. The molecule has 1 atom stereocenters. The van der Waals surface area contributed by atoms with Crippen molar-refractivity contribution in [2.24, 2.45) is 11.7 Å². The number of hydrogen-bond donors (Lipinski definition) is 3. The zero-order chi connectivity index (χ0) is 21.0. The molecule has 4 N–H and O–H groups in total. The van der Waals surface area contributed by atoms with Gasteiger partial charge in [0.25, 0.3) is 5.91 Å². The lowest BCUT2D eigenvalue weighted by Gasteiger charge is -2.19. The van der Waals surface area contributed by atoms with Crippen LogP contribution in [0.25, 0.3) is 22.2 Å². The monoisotopic (exact) mass is 390 g/mol. The van der Waals surface area contributed by atoms with Crippen LogP contribution < -0.4 is 15.8 Å². The number of nitrogens with zero attached hydrogens (tertiary/aromatic N) is 1. The molecule has 150 valence electrons. The maximum atomic E-state index is 12.6. The van der Waals surface area contributed by atoms with Crippen molar-refractivity contribution in [1.29, 1.82) is 5.41 Å². The first-order valence-electron chi connectivity index (χ1n) is 9.66. The Hall–Kier alpha value is -3.41. The molecule has 1 amide bonds. The molecule has 0 aliphatic carbocycles. The van der Waals surface area contributed by atoms with Crippen molar-refractivity contribution >= 4 is 22.8 Å². The van der Waals surface area contributed by atoms with Crippen LogP contribution in [0.2, 0.25) is 0 Å². The molecule has 0 spiro atoms. The van der Waals surface area contributed by atoms with Gasteiger partial charge in [-0.1, -0.05) is 44.2 Å². The molecule has 1 unspecified atom stereocenters. The summed E-state index contributed by atoms with van der Waals surface area (Å²) in [5.74, 6) is 0.409. The topological polar surface area (TPSA) is 101 Å². The Morgan fingerprint density at radius 2 is 1.83 bits per heavy atom. The number of carbonyl (C=O) groups is 1. The highest BCUT2D eigenvalue weighted by molar-refractivity contribution is 6.12. The third-order valence-corrected chi connectivity index (χ3v) is 4.50. The van der Waals surface area contributed by atoms with Gasteiger partial charge in [0.05, 0.1) is 22.9 Å². The third kappa shape index (κ3) is 4.90. The molecular formula is C23H26N4O2. The molecular weight excluding hydrogens is 364 g/mol. The first kappa shape index (κ1) is 20.3. The molecule has 3 rings (SSSR count). The molecule has 0 saturated carbocycles. The molecule has 1 aromatic heterocycles. The number of para-hydroxylation sites is 2. The van der Waals surface area contributed by atoms with E-state index in [-0.39, 0.29) is 6.10 Å². The number of pyridine rings is 1. The molecule has 29 heavy (non-hydrogen) atoms. The SMILES string of the molecule is CC(C)CC(C)Oc1ccccc1-c1cc(C(=O)NC(=N)N)c2ccccc2n1. The van der Waals surface area contributed by atoms with Gasteiger partial charge in [-0.05, 0) is 43.5 Å². The van der Waals surface area contributed by atoms with Gasteiger partial charge >= 0.3 is 0 Å². The smallest absolute Gasteiger partial charge is 0.258 e. The number of benzene rings is 2. The number of carbonyl (C=O) groups excluding carboxylic acids is 1. The normalized spacial score (nSPS) is 12.0. The molecule has 0 fully saturated rings. The lowest BCUT2D eigenvalue weighted by molar-refractivity contribution is 0.0978. The zero-order valence-electron chi connectivity index (χ0n) is 16.9. The first-order valence-corrected chi connectivity index (χ1v) is 9.66. The number of ether oxygens (including phenoxy) is 1. The summed E-state index contributed by atoms with van der Waals surface area (Å²) >= 11 is 0. The fraction of sp³-hybridized carbons (Fsp3) is 0.261. The Balaban J connectivity index is 2.09. The molecule has 0 radical (unpaired) electrons. The average molecular weight is 390 g/mol. The standard InChI is InChI=1S/C23H26N4O2/c1-14(2)12-15(3)29-21-11-7-5-9-17(21)20-13-18(22(28)27-23(24)25)16-8-4-6-10-19(16)26-20/h4-11,13-15H,12H2,1-3H3,(H4,24,25,27,28). The summed E-state index contributed by atoms with van der Waals surface area (Å²) in [7, 11) is 0. The van der Waals surface area contributed by atoms with Gasteiger partial charge in [0.15, 0.2) is 5.96 Å². The first-order chi connectivity index (χ1) is 13.8. The summed E-state index contributed by atoms with van der Waals surface area (Å²) in [5.41, 5.74) is 7.89.